The van der Waals surface area contributed by atoms with Crippen molar-refractivity contribution in [3.63, 3.8) is 0 Å². The number of nitrogens with two attached hydrogens (primary N) is 1. The van der Waals surface area contributed by atoms with E-state index in [0.717, 1.165) is 36.7 Å². The van der Waals surface area contributed by atoms with Crippen LogP contribution in [0.25, 0.3) is 0 Å². The van der Waals surface area contributed by atoms with Gasteiger partial charge in [0, 0.05) is 23.9 Å². The highest BCUT2D eigenvalue weighted by Gasteiger charge is 2.20. The van der Waals surface area contributed by atoms with Crippen molar-refractivity contribution in [2.45, 2.75) is 52.1 Å². The zero-order chi connectivity index (χ0) is 13.7. The molecule has 19 heavy (non-hydrogen) atoms. The number of anilines is 1. The Labute approximate surface area is 116 Å². The molecule has 1 aliphatic rings. The Hall–Kier alpha value is -1.38. The molecule has 106 valence electrons. The zero-order valence-electron chi connectivity index (χ0n) is 12.0. The SMILES string of the molecule is CCCOc1cc(N)cc(OC2CCCC(C)C2)c1. The maximum Gasteiger partial charge on any atom is 0.125 e. The van der Waals surface area contributed by atoms with Gasteiger partial charge in [-0.15, -0.1) is 0 Å². The molecule has 1 fully saturated rings. The minimum atomic E-state index is 0.324. The van der Waals surface area contributed by atoms with Crippen LogP contribution in [-0.4, -0.2) is 12.7 Å². The summed E-state index contributed by atoms with van der Waals surface area (Å²) in [5, 5.41) is 0. The van der Waals surface area contributed by atoms with E-state index in [1.165, 1.54) is 12.8 Å². The first-order valence-corrected chi connectivity index (χ1v) is 7.37. The van der Waals surface area contributed by atoms with Gasteiger partial charge >= 0.3 is 0 Å². The predicted molar refractivity (Wildman–Crippen MR) is 78.7 cm³/mol. The van der Waals surface area contributed by atoms with Gasteiger partial charge in [0.1, 0.15) is 11.5 Å². The van der Waals surface area contributed by atoms with Gasteiger partial charge in [-0.25, -0.2) is 0 Å². The third-order valence-corrected chi connectivity index (χ3v) is 3.57. The first kappa shape index (κ1) is 14.0. The summed E-state index contributed by atoms with van der Waals surface area (Å²) >= 11 is 0. The van der Waals surface area contributed by atoms with E-state index < -0.39 is 0 Å². The molecule has 0 aromatic heterocycles. The number of nitrogen functional groups attached to an aromatic ring is 1. The highest BCUT2D eigenvalue weighted by Crippen LogP contribution is 2.30. The minimum absolute atomic E-state index is 0.324. The van der Waals surface area contributed by atoms with Crippen molar-refractivity contribution in [1.29, 1.82) is 0 Å². The van der Waals surface area contributed by atoms with Crippen molar-refractivity contribution in [1.82, 2.24) is 0 Å². The lowest BCUT2D eigenvalue weighted by atomic mass is 9.89. The van der Waals surface area contributed by atoms with Gasteiger partial charge in [-0.3, -0.25) is 0 Å². The van der Waals surface area contributed by atoms with Crippen LogP contribution in [0.15, 0.2) is 18.2 Å². The summed E-state index contributed by atoms with van der Waals surface area (Å²) < 4.78 is 11.7. The van der Waals surface area contributed by atoms with Crippen molar-refractivity contribution in [3.05, 3.63) is 18.2 Å². The van der Waals surface area contributed by atoms with Gasteiger partial charge in [-0.05, 0) is 31.6 Å². The monoisotopic (exact) mass is 263 g/mol. The Morgan fingerprint density at radius 3 is 2.74 bits per heavy atom. The largest absolute Gasteiger partial charge is 0.493 e. The lowest BCUT2D eigenvalue weighted by Gasteiger charge is -2.27. The number of hydrogen-bond donors (Lipinski definition) is 1. The topological polar surface area (TPSA) is 44.5 Å². The average molecular weight is 263 g/mol. The van der Waals surface area contributed by atoms with E-state index in [4.69, 9.17) is 15.2 Å². The molecule has 1 aliphatic carbocycles. The maximum atomic E-state index is 6.07. The maximum absolute atomic E-state index is 6.07. The summed E-state index contributed by atoms with van der Waals surface area (Å²) in [5.74, 6) is 2.40. The first-order valence-electron chi connectivity index (χ1n) is 7.37. The summed E-state index contributed by atoms with van der Waals surface area (Å²) in [4.78, 5) is 0. The fourth-order valence-corrected chi connectivity index (χ4v) is 2.64. The van der Waals surface area contributed by atoms with Crippen molar-refractivity contribution in [3.8, 4) is 11.5 Å². The predicted octanol–water partition coefficient (Wildman–Crippen LogP) is 4.02. The number of ether oxygens (including phenoxy) is 2. The van der Waals surface area contributed by atoms with Crippen LogP contribution in [0.4, 0.5) is 5.69 Å². The molecule has 1 aromatic carbocycles. The molecule has 2 unspecified atom stereocenters. The van der Waals surface area contributed by atoms with E-state index in [-0.39, 0.29) is 0 Å². The first-order chi connectivity index (χ1) is 9.17. The van der Waals surface area contributed by atoms with Gasteiger partial charge in [0.25, 0.3) is 0 Å². The fourth-order valence-electron chi connectivity index (χ4n) is 2.64. The Balaban J connectivity index is 2.00. The van der Waals surface area contributed by atoms with Crippen LogP contribution in [0.2, 0.25) is 0 Å². The third-order valence-electron chi connectivity index (χ3n) is 3.57. The molecule has 0 bridgehead atoms. The van der Waals surface area contributed by atoms with Gasteiger partial charge in [0.15, 0.2) is 0 Å². The van der Waals surface area contributed by atoms with Gasteiger partial charge in [0.05, 0.1) is 12.7 Å². The molecule has 3 heteroatoms. The number of benzene rings is 1. The zero-order valence-corrected chi connectivity index (χ0v) is 12.0. The van der Waals surface area contributed by atoms with Crippen LogP contribution < -0.4 is 15.2 Å². The molecule has 1 aromatic rings. The highest BCUT2D eigenvalue weighted by atomic mass is 16.5. The van der Waals surface area contributed by atoms with Gasteiger partial charge in [-0.1, -0.05) is 20.3 Å². The molecule has 0 heterocycles. The summed E-state index contributed by atoms with van der Waals surface area (Å²) in [5.41, 5.74) is 6.60. The molecule has 0 amide bonds. The van der Waals surface area contributed by atoms with Gasteiger partial charge in [0.2, 0.25) is 0 Å². The second kappa shape index (κ2) is 6.69. The van der Waals surface area contributed by atoms with Crippen LogP contribution in [-0.2, 0) is 0 Å². The van der Waals surface area contributed by atoms with Crippen LogP contribution in [0, 0.1) is 5.92 Å². The van der Waals surface area contributed by atoms with Crippen molar-refractivity contribution < 1.29 is 9.47 Å². The second-order valence-electron chi connectivity index (χ2n) is 5.60. The normalized spacial score (nSPS) is 23.1. The molecule has 0 aliphatic heterocycles. The molecular weight excluding hydrogens is 238 g/mol. The lowest BCUT2D eigenvalue weighted by molar-refractivity contribution is 0.129. The molecule has 2 N–H and O–H groups in total. The quantitative estimate of drug-likeness (QED) is 0.816. The number of rotatable bonds is 5. The molecule has 0 saturated heterocycles. The summed E-state index contributed by atoms with van der Waals surface area (Å²) in [7, 11) is 0. The molecule has 2 rings (SSSR count). The highest BCUT2D eigenvalue weighted by molar-refractivity contribution is 5.50. The smallest absolute Gasteiger partial charge is 0.125 e. The summed E-state index contributed by atoms with van der Waals surface area (Å²) in [6.45, 7) is 5.10. The average Bonchev–Trinajstić information content (AvgIpc) is 2.35. The van der Waals surface area contributed by atoms with E-state index in [0.29, 0.717) is 18.4 Å². The Morgan fingerprint density at radius 1 is 1.21 bits per heavy atom. The molecular formula is C16H25NO2. The molecule has 2 atom stereocenters. The van der Waals surface area contributed by atoms with Crippen molar-refractivity contribution in [2.75, 3.05) is 12.3 Å². The van der Waals surface area contributed by atoms with E-state index in [2.05, 4.69) is 13.8 Å². The lowest BCUT2D eigenvalue weighted by Crippen LogP contribution is -2.24. The Kier molecular flexibility index (Phi) is 4.94. The molecule has 0 spiro atoms. The van der Waals surface area contributed by atoms with E-state index in [9.17, 15) is 0 Å². The fraction of sp³-hybridized carbons (Fsp3) is 0.625. The molecule has 1 saturated carbocycles. The Bertz CT molecular complexity index is 406. The van der Waals surface area contributed by atoms with Crippen LogP contribution >= 0.6 is 0 Å². The minimum Gasteiger partial charge on any atom is -0.493 e. The van der Waals surface area contributed by atoms with Gasteiger partial charge in [-0.2, -0.15) is 0 Å². The van der Waals surface area contributed by atoms with Crippen LogP contribution in [0.5, 0.6) is 11.5 Å². The van der Waals surface area contributed by atoms with Crippen LogP contribution in [0.1, 0.15) is 46.0 Å². The van der Waals surface area contributed by atoms with Crippen LogP contribution in [0.3, 0.4) is 0 Å². The van der Waals surface area contributed by atoms with Crippen molar-refractivity contribution in [2.24, 2.45) is 5.92 Å². The second-order valence-corrected chi connectivity index (χ2v) is 5.60. The van der Waals surface area contributed by atoms with E-state index >= 15 is 0 Å². The van der Waals surface area contributed by atoms with Gasteiger partial charge < -0.3 is 15.2 Å². The Morgan fingerprint density at radius 2 is 2.00 bits per heavy atom. The van der Waals surface area contributed by atoms with Crippen molar-refractivity contribution >= 4 is 5.69 Å². The molecule has 0 radical (unpaired) electrons. The third kappa shape index (κ3) is 4.34. The standard InChI is InChI=1S/C16H25NO2/c1-3-7-18-15-9-13(17)10-16(11-15)19-14-6-4-5-12(2)8-14/h9-12,14H,3-8,17H2,1-2H3. The van der Waals surface area contributed by atoms with E-state index in [1.807, 2.05) is 18.2 Å². The summed E-state index contributed by atoms with van der Waals surface area (Å²) in [6, 6.07) is 5.69. The molecule has 3 nitrogen and oxygen atoms in total. The summed E-state index contributed by atoms with van der Waals surface area (Å²) in [6.07, 6.45) is 6.18. The number of hydrogen-bond acceptors (Lipinski definition) is 3. The van der Waals surface area contributed by atoms with E-state index in [1.54, 1.807) is 0 Å².